The molecule has 7 unspecified atom stereocenters. The predicted octanol–water partition coefficient (Wildman–Crippen LogP) is 14.6. The van der Waals surface area contributed by atoms with Crippen LogP contribution in [0.2, 0.25) is 0 Å². The smallest absolute Gasteiger partial charge is 0.220 e. The van der Waals surface area contributed by atoms with E-state index >= 15 is 0 Å². The van der Waals surface area contributed by atoms with Crippen LogP contribution < -0.4 is 5.32 Å². The zero-order valence-electron chi connectivity index (χ0n) is 45.5. The molecule has 0 aromatic heterocycles. The Morgan fingerprint density at radius 1 is 0.493 bits per heavy atom. The average Bonchev–Trinajstić information content (AvgIpc) is 3.37. The maximum Gasteiger partial charge on any atom is 0.220 e. The van der Waals surface area contributed by atoms with Crippen molar-refractivity contribution in [2.45, 2.75) is 288 Å². The van der Waals surface area contributed by atoms with Gasteiger partial charge in [0.25, 0.3) is 0 Å². The number of hydrogen-bond donors (Lipinski definition) is 6. The quantitative estimate of drug-likeness (QED) is 0.0261. The van der Waals surface area contributed by atoms with Gasteiger partial charge in [-0.2, -0.15) is 0 Å². The molecule has 0 spiro atoms. The summed E-state index contributed by atoms with van der Waals surface area (Å²) in [5.41, 5.74) is 0. The van der Waals surface area contributed by atoms with Gasteiger partial charge in [0.2, 0.25) is 5.91 Å². The lowest BCUT2D eigenvalue weighted by Crippen LogP contribution is -2.60. The molecule has 71 heavy (non-hydrogen) atoms. The van der Waals surface area contributed by atoms with Crippen molar-refractivity contribution in [1.29, 1.82) is 0 Å². The number of carbonyl (C=O) groups excluding carboxylic acids is 1. The lowest BCUT2D eigenvalue weighted by Gasteiger charge is -2.40. The van der Waals surface area contributed by atoms with E-state index in [1.807, 2.05) is 0 Å². The van der Waals surface area contributed by atoms with E-state index in [1.54, 1.807) is 0 Å². The summed E-state index contributed by atoms with van der Waals surface area (Å²) in [5.74, 6) is -0.202. The Balaban J connectivity index is 2.26. The molecule has 0 aromatic rings. The second-order valence-electron chi connectivity index (χ2n) is 20.1. The molecule has 1 aliphatic rings. The van der Waals surface area contributed by atoms with Crippen molar-refractivity contribution in [2.24, 2.45) is 0 Å². The van der Waals surface area contributed by atoms with E-state index in [-0.39, 0.29) is 18.9 Å². The third-order valence-electron chi connectivity index (χ3n) is 13.5. The Hall–Kier alpha value is -2.63. The van der Waals surface area contributed by atoms with Gasteiger partial charge >= 0.3 is 0 Å². The first-order valence-corrected chi connectivity index (χ1v) is 29.3. The molecule has 1 saturated heterocycles. The summed E-state index contributed by atoms with van der Waals surface area (Å²) < 4.78 is 11.3. The first-order chi connectivity index (χ1) is 34.8. The van der Waals surface area contributed by atoms with E-state index < -0.39 is 49.5 Å². The fourth-order valence-electron chi connectivity index (χ4n) is 8.92. The van der Waals surface area contributed by atoms with Crippen LogP contribution >= 0.6 is 0 Å². The van der Waals surface area contributed by atoms with Crippen LogP contribution in [0.25, 0.3) is 0 Å². The van der Waals surface area contributed by atoms with Crippen LogP contribution in [0.5, 0.6) is 0 Å². The topological polar surface area (TPSA) is 149 Å². The number of unbranched alkanes of at least 4 members (excludes halogenated alkanes) is 25. The number of aliphatic hydroxyl groups is 5. The lowest BCUT2D eigenvalue weighted by molar-refractivity contribution is -0.302. The number of rotatable bonds is 49. The average molecular weight is 997 g/mol. The van der Waals surface area contributed by atoms with Gasteiger partial charge in [-0.05, 0) is 64.2 Å². The van der Waals surface area contributed by atoms with Gasteiger partial charge in [-0.1, -0.05) is 259 Å². The maximum atomic E-state index is 13.1. The highest BCUT2D eigenvalue weighted by atomic mass is 16.7. The summed E-state index contributed by atoms with van der Waals surface area (Å²) in [7, 11) is 0. The zero-order chi connectivity index (χ0) is 51.5. The highest BCUT2D eigenvalue weighted by molar-refractivity contribution is 5.76. The second-order valence-corrected chi connectivity index (χ2v) is 20.1. The predicted molar refractivity (Wildman–Crippen MR) is 299 cm³/mol. The van der Waals surface area contributed by atoms with Crippen molar-refractivity contribution in [1.82, 2.24) is 5.32 Å². The molecule has 0 aliphatic carbocycles. The molecule has 0 saturated carbocycles. The molecular formula is C62H109NO8. The largest absolute Gasteiger partial charge is 0.394 e. The normalized spacial score (nSPS) is 19.9. The molecule has 0 aromatic carbocycles. The Bertz CT molecular complexity index is 1390. The number of nitrogens with one attached hydrogen (secondary N) is 1. The number of amides is 1. The number of carbonyl (C=O) groups is 1. The van der Waals surface area contributed by atoms with Crippen molar-refractivity contribution in [3.05, 3.63) is 85.1 Å². The molecule has 1 heterocycles. The summed E-state index contributed by atoms with van der Waals surface area (Å²) in [6.45, 7) is 3.71. The van der Waals surface area contributed by atoms with Crippen molar-refractivity contribution < 1.29 is 39.8 Å². The Labute approximate surface area is 435 Å². The molecule has 1 aliphatic heterocycles. The highest BCUT2D eigenvalue weighted by Gasteiger charge is 2.44. The molecule has 410 valence electrons. The maximum absolute atomic E-state index is 13.1. The van der Waals surface area contributed by atoms with Crippen LogP contribution in [0.1, 0.15) is 245 Å². The molecule has 0 radical (unpaired) electrons. The molecule has 6 N–H and O–H groups in total. The number of aliphatic hydroxyl groups excluding tert-OH is 5. The van der Waals surface area contributed by atoms with Crippen molar-refractivity contribution in [3.63, 3.8) is 0 Å². The van der Waals surface area contributed by atoms with E-state index in [4.69, 9.17) is 9.47 Å². The van der Waals surface area contributed by atoms with E-state index in [0.29, 0.717) is 12.8 Å². The van der Waals surface area contributed by atoms with Crippen LogP contribution in [0.15, 0.2) is 85.1 Å². The minimum atomic E-state index is -1.57. The minimum Gasteiger partial charge on any atom is -0.394 e. The van der Waals surface area contributed by atoms with Gasteiger partial charge in [0, 0.05) is 6.42 Å². The Morgan fingerprint density at radius 3 is 1.24 bits per heavy atom. The van der Waals surface area contributed by atoms with Crippen molar-refractivity contribution in [3.8, 4) is 0 Å². The standard InChI is InChI=1S/C62H109NO8/c1-3-5-7-9-11-13-15-17-19-21-23-25-27-28-30-31-33-35-37-39-41-43-45-47-49-51-56(65)55(54-70-62-61(69)60(68)59(67)57(53-64)71-62)63-58(66)52-50-48-46-44-42-40-38-36-34-32-29-26-24-22-20-18-16-14-12-10-8-6-4-2/h6,8,12,14,18,20,24,26,32,34,38,40,44,46,55-57,59-62,64-65,67-69H,3-5,7,9-11,13,15-17,19,21-23,25,27-31,33,35-37,39,41-43,45,47-54H2,1-2H3,(H,63,66)/b8-6-,14-12-,20-18-,26-24-,34-32-,40-38-,46-44-. The number of ether oxygens (including phenoxy) is 2. The van der Waals surface area contributed by atoms with Crippen molar-refractivity contribution in [2.75, 3.05) is 13.2 Å². The van der Waals surface area contributed by atoms with Crippen LogP contribution in [0.4, 0.5) is 0 Å². The molecule has 9 heteroatoms. The molecule has 9 nitrogen and oxygen atoms in total. The van der Waals surface area contributed by atoms with E-state index in [0.717, 1.165) is 70.6 Å². The molecule has 0 bridgehead atoms. The number of allylic oxidation sites excluding steroid dienone is 14. The molecule has 1 amide bonds. The van der Waals surface area contributed by atoms with Crippen LogP contribution in [0, 0.1) is 0 Å². The monoisotopic (exact) mass is 996 g/mol. The molecular weight excluding hydrogens is 887 g/mol. The van der Waals surface area contributed by atoms with E-state index in [9.17, 15) is 30.3 Å². The van der Waals surface area contributed by atoms with Crippen LogP contribution in [-0.4, -0.2) is 87.5 Å². The fraction of sp³-hybridized carbons (Fsp3) is 0.758. The van der Waals surface area contributed by atoms with E-state index in [2.05, 4.69) is 104 Å². The van der Waals surface area contributed by atoms with Gasteiger partial charge in [-0.25, -0.2) is 0 Å². The third kappa shape index (κ3) is 40.4. The Morgan fingerprint density at radius 2 is 0.859 bits per heavy atom. The van der Waals surface area contributed by atoms with E-state index in [1.165, 1.54) is 141 Å². The minimum absolute atomic E-state index is 0.166. The molecule has 1 fully saturated rings. The first kappa shape index (κ1) is 66.4. The second kappa shape index (κ2) is 50.9. The van der Waals surface area contributed by atoms with Gasteiger partial charge in [-0.3, -0.25) is 4.79 Å². The van der Waals surface area contributed by atoms with Crippen LogP contribution in [0.3, 0.4) is 0 Å². The SMILES string of the molecule is CC/C=C\C/C=C\C/C=C\C/C=C\C/C=C\C/C=C\C/C=C\CCCC(=O)NC(COC1OC(CO)C(O)C(O)C1O)C(O)CCCCCCCCCCCCCCCCCCCCCCCCCCC. The fourth-order valence-corrected chi connectivity index (χ4v) is 8.92. The number of hydrogen-bond acceptors (Lipinski definition) is 8. The highest BCUT2D eigenvalue weighted by Crippen LogP contribution is 2.23. The zero-order valence-corrected chi connectivity index (χ0v) is 45.5. The summed E-state index contributed by atoms with van der Waals surface area (Å²) >= 11 is 0. The van der Waals surface area contributed by atoms with Gasteiger partial charge < -0.3 is 40.3 Å². The first-order valence-electron chi connectivity index (χ1n) is 29.3. The summed E-state index contributed by atoms with van der Waals surface area (Å²) in [5, 5.41) is 54.7. The van der Waals surface area contributed by atoms with Crippen molar-refractivity contribution >= 4 is 5.91 Å². The Kier molecular flexibility index (Phi) is 47.6. The van der Waals surface area contributed by atoms with Gasteiger partial charge in [0.15, 0.2) is 6.29 Å². The van der Waals surface area contributed by atoms with Gasteiger partial charge in [-0.15, -0.1) is 0 Å². The third-order valence-corrected chi connectivity index (χ3v) is 13.5. The molecule has 1 rings (SSSR count). The van der Waals surface area contributed by atoms with Gasteiger partial charge in [0.05, 0.1) is 25.4 Å². The molecule has 7 atom stereocenters. The van der Waals surface area contributed by atoms with Gasteiger partial charge in [0.1, 0.15) is 24.4 Å². The summed E-state index contributed by atoms with van der Waals surface area (Å²) in [6, 6.07) is -0.757. The lowest BCUT2D eigenvalue weighted by atomic mass is 9.99. The summed E-state index contributed by atoms with van der Waals surface area (Å²) in [6.07, 6.45) is 64.7. The summed E-state index contributed by atoms with van der Waals surface area (Å²) in [4.78, 5) is 13.1. The van der Waals surface area contributed by atoms with Crippen LogP contribution in [-0.2, 0) is 14.3 Å².